The van der Waals surface area contributed by atoms with Crippen molar-refractivity contribution in [3.63, 3.8) is 0 Å². The first-order valence-corrected chi connectivity index (χ1v) is 8.49. The van der Waals surface area contributed by atoms with Crippen LogP contribution in [0.5, 0.6) is 0 Å². The lowest BCUT2D eigenvalue weighted by Crippen LogP contribution is -2.36. The van der Waals surface area contributed by atoms with Crippen LogP contribution in [-0.2, 0) is 11.3 Å². The highest BCUT2D eigenvalue weighted by molar-refractivity contribution is 7.15. The molecule has 3 rings (SSSR count). The lowest BCUT2D eigenvalue weighted by atomic mass is 9.82. The molecular formula is C18H23NOS. The molecule has 1 aliphatic rings. The number of rotatable bonds is 5. The van der Waals surface area contributed by atoms with Crippen LogP contribution < -0.4 is 5.32 Å². The van der Waals surface area contributed by atoms with Crippen molar-refractivity contribution in [3.8, 4) is 10.4 Å². The zero-order valence-corrected chi connectivity index (χ0v) is 13.4. The van der Waals surface area contributed by atoms with Gasteiger partial charge in [-0.2, -0.15) is 0 Å². The standard InChI is InChI=1S/C18H23NOS/c1-18(9-11-20-12-10-18)14-19-13-16-7-8-17(21-16)15-5-3-2-4-6-15/h2-8,19H,9-14H2,1H3. The second-order valence-corrected chi connectivity index (χ2v) is 7.33. The summed E-state index contributed by atoms with van der Waals surface area (Å²) in [5.74, 6) is 0. The largest absolute Gasteiger partial charge is 0.381 e. The highest BCUT2D eigenvalue weighted by atomic mass is 32.1. The molecule has 0 saturated carbocycles. The third-order valence-corrected chi connectivity index (χ3v) is 5.41. The Morgan fingerprint density at radius 1 is 1.10 bits per heavy atom. The molecule has 0 spiro atoms. The quantitative estimate of drug-likeness (QED) is 0.888. The lowest BCUT2D eigenvalue weighted by molar-refractivity contribution is 0.0240. The highest BCUT2D eigenvalue weighted by Gasteiger charge is 2.26. The molecule has 0 amide bonds. The zero-order valence-electron chi connectivity index (χ0n) is 12.6. The molecule has 1 aromatic carbocycles. The fourth-order valence-corrected chi connectivity index (χ4v) is 3.74. The average Bonchev–Trinajstić information content (AvgIpc) is 2.98. The van der Waals surface area contributed by atoms with E-state index in [0.717, 1.165) is 26.3 Å². The van der Waals surface area contributed by atoms with Crippen LogP contribution in [0.15, 0.2) is 42.5 Å². The number of thiophene rings is 1. The van der Waals surface area contributed by atoms with Gasteiger partial charge in [0.25, 0.3) is 0 Å². The Hall–Kier alpha value is -1.16. The second-order valence-electron chi connectivity index (χ2n) is 6.16. The Balaban J connectivity index is 1.53. The molecular weight excluding hydrogens is 278 g/mol. The highest BCUT2D eigenvalue weighted by Crippen LogP contribution is 2.30. The number of ether oxygens (including phenoxy) is 1. The van der Waals surface area contributed by atoms with Gasteiger partial charge < -0.3 is 10.1 Å². The van der Waals surface area contributed by atoms with Crippen LogP contribution in [0.3, 0.4) is 0 Å². The van der Waals surface area contributed by atoms with Crippen molar-refractivity contribution in [2.75, 3.05) is 19.8 Å². The van der Waals surface area contributed by atoms with E-state index in [0.29, 0.717) is 5.41 Å². The fraction of sp³-hybridized carbons (Fsp3) is 0.444. The third-order valence-electron chi connectivity index (χ3n) is 4.27. The molecule has 0 aliphatic carbocycles. The fourth-order valence-electron chi connectivity index (χ4n) is 2.76. The van der Waals surface area contributed by atoms with E-state index in [1.807, 2.05) is 11.3 Å². The van der Waals surface area contributed by atoms with Gasteiger partial charge in [-0.05, 0) is 36.0 Å². The van der Waals surface area contributed by atoms with Gasteiger partial charge in [0.2, 0.25) is 0 Å². The van der Waals surface area contributed by atoms with E-state index in [1.54, 1.807) is 0 Å². The van der Waals surface area contributed by atoms with Crippen LogP contribution in [-0.4, -0.2) is 19.8 Å². The minimum absolute atomic E-state index is 0.401. The summed E-state index contributed by atoms with van der Waals surface area (Å²) in [4.78, 5) is 2.76. The van der Waals surface area contributed by atoms with E-state index in [9.17, 15) is 0 Å². The molecule has 2 nitrogen and oxygen atoms in total. The van der Waals surface area contributed by atoms with E-state index in [2.05, 4.69) is 54.7 Å². The summed E-state index contributed by atoms with van der Waals surface area (Å²) in [6.45, 7) is 6.24. The van der Waals surface area contributed by atoms with Crippen molar-refractivity contribution in [1.82, 2.24) is 5.32 Å². The maximum atomic E-state index is 5.46. The van der Waals surface area contributed by atoms with Gasteiger partial charge in [-0.25, -0.2) is 0 Å². The summed E-state index contributed by atoms with van der Waals surface area (Å²) in [5, 5.41) is 3.63. The van der Waals surface area contributed by atoms with Gasteiger partial charge in [0, 0.05) is 36.1 Å². The van der Waals surface area contributed by atoms with Crippen molar-refractivity contribution in [1.29, 1.82) is 0 Å². The summed E-state index contributed by atoms with van der Waals surface area (Å²) in [6, 6.07) is 15.1. The first kappa shape index (κ1) is 14.8. The number of hydrogen-bond donors (Lipinski definition) is 1. The molecule has 0 radical (unpaired) electrons. The van der Waals surface area contributed by atoms with Crippen molar-refractivity contribution in [2.45, 2.75) is 26.3 Å². The molecule has 1 aromatic heterocycles. The normalized spacial score (nSPS) is 17.8. The van der Waals surface area contributed by atoms with Crippen molar-refractivity contribution >= 4 is 11.3 Å². The van der Waals surface area contributed by atoms with Crippen molar-refractivity contribution < 1.29 is 4.74 Å². The van der Waals surface area contributed by atoms with E-state index in [4.69, 9.17) is 4.74 Å². The summed E-state index contributed by atoms with van der Waals surface area (Å²) < 4.78 is 5.46. The van der Waals surface area contributed by atoms with Gasteiger partial charge in [0.15, 0.2) is 0 Å². The van der Waals surface area contributed by atoms with Gasteiger partial charge in [0.1, 0.15) is 0 Å². The zero-order chi connectivity index (χ0) is 14.5. The first-order chi connectivity index (χ1) is 10.3. The number of benzene rings is 1. The predicted molar refractivity (Wildman–Crippen MR) is 89.6 cm³/mol. The van der Waals surface area contributed by atoms with Crippen LogP contribution in [0, 0.1) is 5.41 Å². The molecule has 0 atom stereocenters. The maximum Gasteiger partial charge on any atom is 0.0471 e. The van der Waals surface area contributed by atoms with Crippen LogP contribution in [0.2, 0.25) is 0 Å². The van der Waals surface area contributed by atoms with Crippen LogP contribution >= 0.6 is 11.3 Å². The second kappa shape index (κ2) is 6.73. The summed E-state index contributed by atoms with van der Waals surface area (Å²) in [7, 11) is 0. The van der Waals surface area contributed by atoms with Crippen molar-refractivity contribution in [3.05, 3.63) is 47.3 Å². The van der Waals surface area contributed by atoms with Crippen LogP contribution in [0.1, 0.15) is 24.6 Å². The number of hydrogen-bond acceptors (Lipinski definition) is 3. The third kappa shape index (κ3) is 3.94. The molecule has 1 fully saturated rings. The first-order valence-electron chi connectivity index (χ1n) is 7.68. The molecule has 112 valence electrons. The smallest absolute Gasteiger partial charge is 0.0471 e. The Morgan fingerprint density at radius 3 is 2.62 bits per heavy atom. The molecule has 21 heavy (non-hydrogen) atoms. The minimum atomic E-state index is 0.401. The Kier molecular flexibility index (Phi) is 4.73. The summed E-state index contributed by atoms with van der Waals surface area (Å²) >= 11 is 1.88. The minimum Gasteiger partial charge on any atom is -0.381 e. The average molecular weight is 301 g/mol. The Bertz CT molecular complexity index is 558. The predicted octanol–water partition coefficient (Wildman–Crippen LogP) is 4.32. The van der Waals surface area contributed by atoms with Crippen molar-refractivity contribution in [2.24, 2.45) is 5.41 Å². The molecule has 1 aliphatic heterocycles. The molecule has 2 aromatic rings. The Labute approximate surface area is 131 Å². The molecule has 2 heterocycles. The monoisotopic (exact) mass is 301 g/mol. The molecule has 0 bridgehead atoms. The lowest BCUT2D eigenvalue weighted by Gasteiger charge is -2.33. The van der Waals surface area contributed by atoms with E-state index in [-0.39, 0.29) is 0 Å². The van der Waals surface area contributed by atoms with E-state index >= 15 is 0 Å². The van der Waals surface area contributed by atoms with Crippen LogP contribution in [0.25, 0.3) is 10.4 Å². The molecule has 3 heteroatoms. The SMILES string of the molecule is CC1(CNCc2ccc(-c3ccccc3)s2)CCOCC1. The molecule has 0 unspecified atom stereocenters. The van der Waals surface area contributed by atoms with E-state index < -0.39 is 0 Å². The summed E-state index contributed by atoms with van der Waals surface area (Å²) in [6.07, 6.45) is 2.33. The number of nitrogens with one attached hydrogen (secondary N) is 1. The van der Waals surface area contributed by atoms with Gasteiger partial charge in [0.05, 0.1) is 0 Å². The summed E-state index contributed by atoms with van der Waals surface area (Å²) in [5.41, 5.74) is 1.71. The maximum absolute atomic E-state index is 5.46. The molecule has 1 N–H and O–H groups in total. The van der Waals surface area contributed by atoms with E-state index in [1.165, 1.54) is 28.2 Å². The topological polar surface area (TPSA) is 21.3 Å². The Morgan fingerprint density at radius 2 is 1.86 bits per heavy atom. The van der Waals surface area contributed by atoms with Gasteiger partial charge in [-0.3, -0.25) is 0 Å². The van der Waals surface area contributed by atoms with Crippen LogP contribution in [0.4, 0.5) is 0 Å². The van der Waals surface area contributed by atoms with Gasteiger partial charge in [-0.15, -0.1) is 11.3 Å². The van der Waals surface area contributed by atoms with Gasteiger partial charge in [-0.1, -0.05) is 37.3 Å². The van der Waals surface area contributed by atoms with Gasteiger partial charge >= 0.3 is 0 Å². The molecule has 1 saturated heterocycles.